The van der Waals surface area contributed by atoms with Crippen molar-refractivity contribution in [2.24, 2.45) is 0 Å². The van der Waals surface area contributed by atoms with Crippen molar-refractivity contribution in [3.05, 3.63) is 36.0 Å². The summed E-state index contributed by atoms with van der Waals surface area (Å²) in [6, 6.07) is 3.56. The molecular weight excluding hydrogens is 134 g/mol. The van der Waals surface area contributed by atoms with Crippen molar-refractivity contribution >= 4 is 11.6 Å². The Morgan fingerprint density at radius 2 is 2.44 bits per heavy atom. The molecule has 9 heavy (non-hydrogen) atoms. The van der Waals surface area contributed by atoms with Crippen molar-refractivity contribution in [2.75, 3.05) is 0 Å². The normalized spacial score (nSPS) is 9.56. The average molecular weight is 141 g/mol. The molecule has 0 atom stereocenters. The molecule has 1 radical (unpaired) electrons. The van der Waals surface area contributed by atoms with E-state index in [-0.39, 0.29) is 0 Å². The molecule has 0 bridgehead atoms. The number of rotatable bonds is 1. The molecule has 0 unspecified atom stereocenters. The van der Waals surface area contributed by atoms with Gasteiger partial charge in [-0.2, -0.15) is 0 Å². The van der Waals surface area contributed by atoms with Crippen LogP contribution < -0.4 is 0 Å². The lowest BCUT2D eigenvalue weighted by Crippen LogP contribution is -1.83. The molecule has 1 rings (SSSR count). The fourth-order valence-electron chi connectivity index (χ4n) is 0.585. The van der Waals surface area contributed by atoms with Crippen molar-refractivity contribution < 1.29 is 0 Å². The topological polar surface area (TPSA) is 12.9 Å². The Labute approximate surface area is 59.7 Å². The summed E-state index contributed by atoms with van der Waals surface area (Å²) in [6.45, 7) is 3.68. The average Bonchev–Trinajstić information content (AvgIpc) is 1.88. The van der Waals surface area contributed by atoms with Crippen LogP contribution in [0.15, 0.2) is 18.3 Å². The summed E-state index contributed by atoms with van der Waals surface area (Å²) in [5.74, 6) is 0. The van der Waals surface area contributed by atoms with Crippen molar-refractivity contribution in [1.82, 2.24) is 4.98 Å². The van der Waals surface area contributed by atoms with E-state index in [1.54, 1.807) is 12.3 Å². The third kappa shape index (κ3) is 1.68. The highest BCUT2D eigenvalue weighted by Gasteiger charge is 1.89. The van der Waals surface area contributed by atoms with E-state index in [0.717, 1.165) is 10.7 Å². The zero-order valence-corrected chi connectivity index (χ0v) is 5.73. The SMILES string of the molecule is [CH2]Cc1cc(Cl)ccn1. The first kappa shape index (κ1) is 6.56. The molecule has 0 fully saturated rings. The van der Waals surface area contributed by atoms with Gasteiger partial charge in [0.1, 0.15) is 0 Å². The Hall–Kier alpha value is -0.560. The molecule has 0 saturated heterocycles. The molecule has 0 aliphatic rings. The van der Waals surface area contributed by atoms with Gasteiger partial charge in [-0.15, -0.1) is 0 Å². The van der Waals surface area contributed by atoms with Crippen LogP contribution in [-0.2, 0) is 6.42 Å². The second-order valence-corrected chi connectivity index (χ2v) is 2.15. The van der Waals surface area contributed by atoms with Gasteiger partial charge >= 0.3 is 0 Å². The second kappa shape index (κ2) is 2.83. The summed E-state index contributed by atoms with van der Waals surface area (Å²) in [5.41, 5.74) is 0.933. The standard InChI is InChI=1S/C7H7ClN/c1-2-7-5-6(8)3-4-9-7/h3-5H,1-2H2. The minimum Gasteiger partial charge on any atom is -0.261 e. The van der Waals surface area contributed by atoms with Gasteiger partial charge in [-0.25, -0.2) is 0 Å². The van der Waals surface area contributed by atoms with Crippen molar-refractivity contribution in [3.63, 3.8) is 0 Å². The van der Waals surface area contributed by atoms with Gasteiger partial charge in [0.15, 0.2) is 0 Å². The van der Waals surface area contributed by atoms with Gasteiger partial charge in [-0.05, 0) is 25.5 Å². The highest BCUT2D eigenvalue weighted by Crippen LogP contribution is 2.07. The van der Waals surface area contributed by atoms with Crippen LogP contribution >= 0.6 is 11.6 Å². The molecule has 0 aliphatic carbocycles. The molecule has 1 aromatic heterocycles. The maximum Gasteiger partial charge on any atom is 0.0439 e. The van der Waals surface area contributed by atoms with Gasteiger partial charge in [-0.3, -0.25) is 4.98 Å². The van der Waals surface area contributed by atoms with Crippen LogP contribution in [0.25, 0.3) is 0 Å². The largest absolute Gasteiger partial charge is 0.261 e. The summed E-state index contributed by atoms with van der Waals surface area (Å²) >= 11 is 5.66. The van der Waals surface area contributed by atoms with Gasteiger partial charge < -0.3 is 0 Å². The highest BCUT2D eigenvalue weighted by molar-refractivity contribution is 6.30. The molecule has 0 spiro atoms. The molecule has 0 amide bonds. The molecule has 0 aromatic carbocycles. The Balaban J connectivity index is 2.94. The first-order valence-corrected chi connectivity index (χ1v) is 3.10. The molecule has 1 aromatic rings. The van der Waals surface area contributed by atoms with Gasteiger partial charge in [0.2, 0.25) is 0 Å². The smallest absolute Gasteiger partial charge is 0.0439 e. The number of nitrogens with zero attached hydrogens (tertiary/aromatic N) is 1. The lowest BCUT2D eigenvalue weighted by Gasteiger charge is -1.92. The summed E-state index contributed by atoms with van der Waals surface area (Å²) < 4.78 is 0. The van der Waals surface area contributed by atoms with Crippen LogP contribution in [0.4, 0.5) is 0 Å². The third-order valence-electron chi connectivity index (χ3n) is 1.03. The third-order valence-corrected chi connectivity index (χ3v) is 1.27. The molecule has 47 valence electrons. The number of hydrogen-bond acceptors (Lipinski definition) is 1. The molecule has 1 heterocycles. The minimum atomic E-state index is 0.695. The monoisotopic (exact) mass is 140 g/mol. The number of aromatic nitrogens is 1. The Kier molecular flexibility index (Phi) is 2.06. The predicted molar refractivity (Wildman–Crippen MR) is 38.3 cm³/mol. The zero-order valence-electron chi connectivity index (χ0n) is 4.97. The van der Waals surface area contributed by atoms with Crippen LogP contribution in [0.3, 0.4) is 0 Å². The van der Waals surface area contributed by atoms with Gasteiger partial charge in [0.05, 0.1) is 0 Å². The van der Waals surface area contributed by atoms with E-state index in [0.29, 0.717) is 6.42 Å². The number of halogens is 1. The van der Waals surface area contributed by atoms with Crippen LogP contribution in [0.1, 0.15) is 5.69 Å². The lowest BCUT2D eigenvalue weighted by atomic mass is 10.3. The fraction of sp³-hybridized carbons (Fsp3) is 0.143. The van der Waals surface area contributed by atoms with E-state index in [9.17, 15) is 0 Å². The first-order valence-electron chi connectivity index (χ1n) is 2.72. The van der Waals surface area contributed by atoms with Crippen molar-refractivity contribution in [3.8, 4) is 0 Å². The Bertz CT molecular complexity index is 198. The van der Waals surface area contributed by atoms with Crippen LogP contribution in [-0.4, -0.2) is 4.98 Å². The minimum absolute atomic E-state index is 0.695. The summed E-state index contributed by atoms with van der Waals surface area (Å²) in [6.07, 6.45) is 2.38. The first-order chi connectivity index (χ1) is 4.33. The van der Waals surface area contributed by atoms with E-state index in [2.05, 4.69) is 11.9 Å². The van der Waals surface area contributed by atoms with E-state index in [1.807, 2.05) is 6.07 Å². The Morgan fingerprint density at radius 3 is 2.89 bits per heavy atom. The quantitative estimate of drug-likeness (QED) is 0.582. The summed E-state index contributed by atoms with van der Waals surface area (Å²) in [5, 5.41) is 0.726. The van der Waals surface area contributed by atoms with Crippen molar-refractivity contribution in [2.45, 2.75) is 6.42 Å². The van der Waals surface area contributed by atoms with Gasteiger partial charge in [0.25, 0.3) is 0 Å². The molecular formula is C7H7ClN. The van der Waals surface area contributed by atoms with Crippen LogP contribution in [0.5, 0.6) is 0 Å². The maximum absolute atomic E-state index is 5.66. The van der Waals surface area contributed by atoms with Gasteiger partial charge in [-0.1, -0.05) is 11.6 Å². The number of pyridine rings is 1. The summed E-state index contributed by atoms with van der Waals surface area (Å²) in [7, 11) is 0. The molecule has 0 aliphatic heterocycles. The van der Waals surface area contributed by atoms with Crippen molar-refractivity contribution in [1.29, 1.82) is 0 Å². The molecule has 1 nitrogen and oxygen atoms in total. The number of hydrogen-bond donors (Lipinski definition) is 0. The fourth-order valence-corrected chi connectivity index (χ4v) is 0.768. The van der Waals surface area contributed by atoms with E-state index >= 15 is 0 Å². The highest BCUT2D eigenvalue weighted by atomic mass is 35.5. The lowest BCUT2D eigenvalue weighted by molar-refractivity contribution is 1.11. The summed E-state index contributed by atoms with van der Waals surface area (Å²) in [4.78, 5) is 4.01. The van der Waals surface area contributed by atoms with E-state index in [1.165, 1.54) is 0 Å². The van der Waals surface area contributed by atoms with Gasteiger partial charge in [0, 0.05) is 16.9 Å². The van der Waals surface area contributed by atoms with E-state index in [4.69, 9.17) is 11.6 Å². The zero-order chi connectivity index (χ0) is 6.69. The molecule has 0 N–H and O–H groups in total. The predicted octanol–water partition coefficient (Wildman–Crippen LogP) is 2.11. The maximum atomic E-state index is 5.66. The van der Waals surface area contributed by atoms with Crippen LogP contribution in [0.2, 0.25) is 5.02 Å². The Morgan fingerprint density at radius 1 is 1.67 bits per heavy atom. The second-order valence-electron chi connectivity index (χ2n) is 1.72. The molecule has 2 heteroatoms. The molecule has 0 saturated carbocycles. The van der Waals surface area contributed by atoms with E-state index < -0.39 is 0 Å². The van der Waals surface area contributed by atoms with Crippen LogP contribution in [0, 0.1) is 6.92 Å².